The van der Waals surface area contributed by atoms with Crippen molar-refractivity contribution in [2.24, 2.45) is 0 Å². The summed E-state index contributed by atoms with van der Waals surface area (Å²) in [6.45, 7) is 3.35. The minimum atomic E-state index is -1.01. The molecule has 0 saturated carbocycles. The van der Waals surface area contributed by atoms with E-state index in [4.69, 9.17) is 18.9 Å². The van der Waals surface area contributed by atoms with Gasteiger partial charge < -0.3 is 24.3 Å². The molecule has 0 spiro atoms. The highest BCUT2D eigenvalue weighted by molar-refractivity contribution is 7.17. The molecule has 1 aromatic carbocycles. The molecule has 1 saturated heterocycles. The maximum atomic E-state index is 12.7. The number of hydrogen-bond acceptors (Lipinski definition) is 13. The van der Waals surface area contributed by atoms with Gasteiger partial charge in [0.05, 0.1) is 16.0 Å². The second kappa shape index (κ2) is 11.7. The molecule has 36 heavy (non-hydrogen) atoms. The number of carbonyl (C=O) groups excluding carboxylic acids is 4. The number of aromatic nitrogens is 1. The molecule has 1 fully saturated rings. The number of non-ortho nitro benzene ring substituents is 1. The van der Waals surface area contributed by atoms with Crippen LogP contribution in [-0.4, -0.2) is 64.7 Å². The van der Waals surface area contributed by atoms with Gasteiger partial charge in [0.1, 0.15) is 25.0 Å². The van der Waals surface area contributed by atoms with Crippen LogP contribution in [0.3, 0.4) is 0 Å². The zero-order chi connectivity index (χ0) is 26.4. The Morgan fingerprint density at radius 2 is 1.78 bits per heavy atom. The highest BCUT2D eigenvalue weighted by Gasteiger charge is 2.44. The molecule has 0 aliphatic carbocycles. The van der Waals surface area contributed by atoms with Crippen LogP contribution in [0.5, 0.6) is 0 Å². The Balaban J connectivity index is 1.75. The van der Waals surface area contributed by atoms with Crippen LogP contribution in [0.1, 0.15) is 42.4 Å². The van der Waals surface area contributed by atoms with E-state index in [1.165, 1.54) is 51.2 Å². The quantitative estimate of drug-likeness (QED) is 0.168. The zero-order valence-electron chi connectivity index (χ0n) is 19.5. The smallest absolute Gasteiger partial charge is 0.303 e. The normalized spacial score (nSPS) is 21.2. The number of carbonyl (C=O) groups is 4. The predicted molar refractivity (Wildman–Crippen MR) is 123 cm³/mol. The lowest BCUT2D eigenvalue weighted by Crippen LogP contribution is -2.55. The molecule has 2 heterocycles. The summed E-state index contributed by atoms with van der Waals surface area (Å²) in [5.74, 6) is -2.18. The summed E-state index contributed by atoms with van der Waals surface area (Å²) in [7, 11) is 0. The van der Waals surface area contributed by atoms with Crippen LogP contribution < -0.4 is 5.32 Å². The lowest BCUT2D eigenvalue weighted by Gasteiger charge is -2.40. The number of hydrogen-bond donors (Lipinski definition) is 1. The zero-order valence-corrected chi connectivity index (χ0v) is 20.3. The Morgan fingerprint density at radius 3 is 2.36 bits per heavy atom. The number of benzene rings is 1. The van der Waals surface area contributed by atoms with Crippen molar-refractivity contribution in [3.8, 4) is 0 Å². The Bertz CT molecular complexity index is 1150. The van der Waals surface area contributed by atoms with E-state index in [0.717, 1.165) is 11.3 Å². The Morgan fingerprint density at radius 1 is 1.11 bits per heavy atom. The van der Waals surface area contributed by atoms with Gasteiger partial charge in [-0.3, -0.25) is 29.3 Å². The van der Waals surface area contributed by atoms with Crippen molar-refractivity contribution < 1.29 is 43.0 Å². The number of nitro benzene ring substituents is 1. The molecule has 1 aromatic heterocycles. The first-order valence-electron chi connectivity index (χ1n) is 10.7. The van der Waals surface area contributed by atoms with Crippen molar-refractivity contribution in [3.05, 3.63) is 51.0 Å². The lowest BCUT2D eigenvalue weighted by molar-refractivity contribution is -0.384. The number of thiazole rings is 1. The maximum Gasteiger partial charge on any atom is 0.303 e. The van der Waals surface area contributed by atoms with Crippen LogP contribution >= 0.6 is 11.3 Å². The van der Waals surface area contributed by atoms with Crippen LogP contribution in [0.15, 0.2) is 30.5 Å². The second-order valence-corrected chi connectivity index (χ2v) is 8.76. The fourth-order valence-corrected chi connectivity index (χ4v) is 4.31. The molecule has 2 aromatic rings. The van der Waals surface area contributed by atoms with Gasteiger partial charge in [0.2, 0.25) is 5.78 Å². The Labute approximate surface area is 208 Å². The van der Waals surface area contributed by atoms with Gasteiger partial charge in [-0.1, -0.05) is 11.3 Å². The molecule has 4 atom stereocenters. The SMILES string of the molecule is CC(=O)OCC1O[C@H](Nc2ncc(C(=O)c3ccc([N+](=O)[O-])cc3)s2)C[C@@H](OC(C)=O)C1OC(C)=O. The molecular weight excluding hydrogens is 498 g/mol. The number of nitro groups is 1. The van der Waals surface area contributed by atoms with Crippen LogP contribution in [0, 0.1) is 10.1 Å². The summed E-state index contributed by atoms with van der Waals surface area (Å²) in [5.41, 5.74) is 0.121. The largest absolute Gasteiger partial charge is 0.463 e. The minimum absolute atomic E-state index is 0.0688. The Kier molecular flexibility index (Phi) is 8.66. The number of rotatable bonds is 9. The van der Waals surface area contributed by atoms with Gasteiger partial charge >= 0.3 is 17.9 Å². The van der Waals surface area contributed by atoms with E-state index in [-0.39, 0.29) is 34.9 Å². The van der Waals surface area contributed by atoms with Crippen LogP contribution in [0.2, 0.25) is 0 Å². The minimum Gasteiger partial charge on any atom is -0.463 e. The molecule has 1 aliphatic rings. The Hall–Kier alpha value is -3.91. The van der Waals surface area contributed by atoms with Crippen molar-refractivity contribution in [2.45, 2.75) is 51.7 Å². The van der Waals surface area contributed by atoms with E-state index in [0.29, 0.717) is 5.13 Å². The third kappa shape index (κ3) is 7.05. The molecule has 0 bridgehead atoms. The standard InChI is InChI=1S/C22H23N3O10S/c1-11(26)32-10-17-21(34-13(3)28)16(33-12(2)27)8-19(35-17)24-22-23-9-18(36-22)20(29)14-4-6-15(7-5-14)25(30)31/h4-7,9,16-17,19,21H,8,10H2,1-3H3,(H,23,24)/t16-,17?,19+,21?/m1/s1. The van der Waals surface area contributed by atoms with Crippen LogP contribution in [0.4, 0.5) is 10.8 Å². The number of nitrogens with zero attached hydrogens (tertiary/aromatic N) is 2. The highest BCUT2D eigenvalue weighted by atomic mass is 32.1. The fourth-order valence-electron chi connectivity index (χ4n) is 3.49. The summed E-state index contributed by atoms with van der Waals surface area (Å²) in [4.78, 5) is 62.0. The summed E-state index contributed by atoms with van der Waals surface area (Å²) in [6.07, 6.45) is -2.25. The van der Waals surface area contributed by atoms with Crippen molar-refractivity contribution in [1.29, 1.82) is 0 Å². The number of ketones is 1. The number of anilines is 1. The molecule has 3 rings (SSSR count). The summed E-state index contributed by atoms with van der Waals surface area (Å²) >= 11 is 1.02. The van der Waals surface area contributed by atoms with E-state index >= 15 is 0 Å². The molecule has 0 radical (unpaired) electrons. The predicted octanol–water partition coefficient (Wildman–Crippen LogP) is 2.24. The van der Waals surface area contributed by atoms with E-state index in [1.54, 1.807) is 0 Å². The van der Waals surface area contributed by atoms with Crippen LogP contribution in [0.25, 0.3) is 0 Å². The van der Waals surface area contributed by atoms with E-state index in [2.05, 4.69) is 10.3 Å². The third-order valence-electron chi connectivity index (χ3n) is 4.94. The van der Waals surface area contributed by atoms with Gasteiger partial charge in [0.15, 0.2) is 11.2 Å². The monoisotopic (exact) mass is 521 g/mol. The van der Waals surface area contributed by atoms with Gasteiger partial charge in [0, 0.05) is 44.9 Å². The average Bonchev–Trinajstić information content (AvgIpc) is 3.26. The fraction of sp³-hybridized carbons (Fsp3) is 0.409. The van der Waals surface area contributed by atoms with Crippen LogP contribution in [-0.2, 0) is 33.3 Å². The first kappa shape index (κ1) is 26.7. The van der Waals surface area contributed by atoms with E-state index in [9.17, 15) is 29.3 Å². The van der Waals surface area contributed by atoms with E-state index in [1.807, 2.05) is 0 Å². The number of ether oxygens (including phenoxy) is 4. The number of esters is 3. The van der Waals surface area contributed by atoms with Crippen molar-refractivity contribution in [2.75, 3.05) is 11.9 Å². The number of nitrogens with one attached hydrogen (secondary N) is 1. The summed E-state index contributed by atoms with van der Waals surface area (Å²) in [6, 6.07) is 5.19. The molecule has 14 heteroatoms. The first-order valence-corrected chi connectivity index (χ1v) is 11.5. The molecular formula is C22H23N3O10S. The summed E-state index contributed by atoms with van der Waals surface area (Å²) < 4.78 is 21.6. The molecule has 1 N–H and O–H groups in total. The molecule has 2 unspecified atom stereocenters. The molecule has 0 amide bonds. The van der Waals surface area contributed by atoms with Gasteiger partial charge in [-0.2, -0.15) is 0 Å². The lowest BCUT2D eigenvalue weighted by atomic mass is 10.0. The van der Waals surface area contributed by atoms with Gasteiger partial charge in [-0.15, -0.1) is 0 Å². The summed E-state index contributed by atoms with van der Waals surface area (Å²) in [5, 5.41) is 14.1. The topological polar surface area (TPSA) is 173 Å². The van der Waals surface area contributed by atoms with Crippen molar-refractivity contribution in [3.63, 3.8) is 0 Å². The first-order chi connectivity index (χ1) is 17.0. The third-order valence-corrected chi connectivity index (χ3v) is 5.87. The van der Waals surface area contributed by atoms with Gasteiger partial charge in [0.25, 0.3) is 5.69 Å². The maximum absolute atomic E-state index is 12.7. The molecule has 192 valence electrons. The average molecular weight is 522 g/mol. The highest BCUT2D eigenvalue weighted by Crippen LogP contribution is 2.29. The van der Waals surface area contributed by atoms with Crippen molar-refractivity contribution >= 4 is 45.8 Å². The van der Waals surface area contributed by atoms with Gasteiger partial charge in [-0.25, -0.2) is 4.98 Å². The van der Waals surface area contributed by atoms with Crippen molar-refractivity contribution in [1.82, 2.24) is 4.98 Å². The second-order valence-electron chi connectivity index (χ2n) is 7.73. The van der Waals surface area contributed by atoms with Gasteiger partial charge in [-0.05, 0) is 12.1 Å². The molecule has 1 aliphatic heterocycles. The van der Waals surface area contributed by atoms with E-state index < -0.39 is 47.4 Å². The molecule has 13 nitrogen and oxygen atoms in total.